The Balaban J connectivity index is 1.40. The summed E-state index contributed by atoms with van der Waals surface area (Å²) in [6, 6.07) is 15.5. The highest BCUT2D eigenvalue weighted by atomic mass is 79.9. The third-order valence-corrected chi connectivity index (χ3v) is 7.34. The maximum atomic E-state index is 13.6. The number of rotatable bonds is 5. The fourth-order valence-electron chi connectivity index (χ4n) is 4.65. The number of nitrogens with one attached hydrogen (secondary N) is 1. The van der Waals surface area contributed by atoms with Gasteiger partial charge < -0.3 is 5.32 Å². The Bertz CT molecular complexity index is 1580. The zero-order valence-corrected chi connectivity index (χ0v) is 22.1. The quantitative estimate of drug-likeness (QED) is 0.282. The minimum absolute atomic E-state index is 0.251. The molecule has 1 amide bonds. The van der Waals surface area contributed by atoms with E-state index in [1.165, 1.54) is 12.1 Å². The lowest BCUT2D eigenvalue weighted by Crippen LogP contribution is -2.34. The molecule has 6 nitrogen and oxygen atoms in total. The van der Waals surface area contributed by atoms with E-state index in [2.05, 4.69) is 37.2 Å². The van der Waals surface area contributed by atoms with Crippen molar-refractivity contribution in [3.63, 3.8) is 0 Å². The van der Waals surface area contributed by atoms with Crippen molar-refractivity contribution in [3.05, 3.63) is 104 Å². The molecule has 0 saturated carbocycles. The van der Waals surface area contributed by atoms with Gasteiger partial charge in [-0.25, -0.2) is 14.2 Å². The van der Waals surface area contributed by atoms with Gasteiger partial charge in [0.2, 0.25) is 0 Å². The summed E-state index contributed by atoms with van der Waals surface area (Å²) in [5.74, 6) is -0.277. The van der Waals surface area contributed by atoms with Gasteiger partial charge in [-0.15, -0.1) is 0 Å². The molecule has 0 bridgehead atoms. The molecule has 0 aliphatic carbocycles. The van der Waals surface area contributed by atoms with Crippen LogP contribution in [0, 0.1) is 17.1 Å². The minimum atomic E-state index is -0.277. The van der Waals surface area contributed by atoms with Crippen LogP contribution in [0.2, 0.25) is 5.15 Å². The van der Waals surface area contributed by atoms with Crippen LogP contribution in [-0.4, -0.2) is 33.6 Å². The Morgan fingerprint density at radius 1 is 1.24 bits per heavy atom. The summed E-state index contributed by atoms with van der Waals surface area (Å²) >= 11 is 9.44. The van der Waals surface area contributed by atoms with E-state index >= 15 is 0 Å². The third kappa shape index (κ3) is 5.44. The third-order valence-electron chi connectivity index (χ3n) is 6.41. The van der Waals surface area contributed by atoms with Crippen LogP contribution in [0.3, 0.4) is 0 Å². The van der Waals surface area contributed by atoms with E-state index in [1.807, 2.05) is 18.2 Å². The Labute approximate surface area is 227 Å². The molecule has 9 heteroatoms. The van der Waals surface area contributed by atoms with Gasteiger partial charge in [-0.1, -0.05) is 45.7 Å². The summed E-state index contributed by atoms with van der Waals surface area (Å²) in [6.07, 6.45) is 6.21. The van der Waals surface area contributed by atoms with Gasteiger partial charge in [0.15, 0.2) is 0 Å². The van der Waals surface area contributed by atoms with Crippen LogP contribution >= 0.6 is 27.5 Å². The first-order valence-corrected chi connectivity index (χ1v) is 12.9. The van der Waals surface area contributed by atoms with E-state index in [0.717, 1.165) is 44.3 Å². The lowest BCUT2D eigenvalue weighted by molar-refractivity contribution is 0.240. The van der Waals surface area contributed by atoms with Gasteiger partial charge in [-0.05, 0) is 59.2 Å². The number of aromatic nitrogens is 2. The van der Waals surface area contributed by atoms with Gasteiger partial charge in [0.1, 0.15) is 11.0 Å². The van der Waals surface area contributed by atoms with E-state index in [0.29, 0.717) is 36.8 Å². The fourth-order valence-corrected chi connectivity index (χ4v) is 5.23. The number of hydrogen-bond acceptors (Lipinski definition) is 4. The first-order chi connectivity index (χ1) is 17.9. The van der Waals surface area contributed by atoms with Crippen LogP contribution in [0.5, 0.6) is 0 Å². The average molecular weight is 579 g/mol. The summed E-state index contributed by atoms with van der Waals surface area (Å²) < 4.78 is 16.1. The number of nitrogens with zero attached hydrogens (tertiary/aromatic N) is 4. The number of pyridine rings is 1. The number of carbonyl (C=O) groups excluding carboxylic acids is 1. The van der Waals surface area contributed by atoms with Crippen molar-refractivity contribution in [1.82, 2.24) is 19.8 Å². The molecule has 4 aromatic rings. The summed E-state index contributed by atoms with van der Waals surface area (Å²) in [5.41, 5.74) is 4.87. The lowest BCUT2D eigenvalue weighted by atomic mass is 10.0. The molecule has 1 N–H and O–H groups in total. The topological polar surface area (TPSA) is 74.0 Å². The van der Waals surface area contributed by atoms with E-state index < -0.39 is 0 Å². The number of carbonyl (C=O) groups is 1. The van der Waals surface area contributed by atoms with Crippen LogP contribution in [0.25, 0.3) is 17.0 Å². The second-order valence-corrected chi connectivity index (χ2v) is 10.0. The largest absolute Gasteiger partial charge is 0.333 e. The maximum Gasteiger partial charge on any atom is 0.326 e. The Morgan fingerprint density at radius 2 is 2.11 bits per heavy atom. The zero-order chi connectivity index (χ0) is 25.9. The number of fused-ring (bicyclic) bond motifs is 3. The predicted molar refractivity (Wildman–Crippen MR) is 146 cm³/mol. The van der Waals surface area contributed by atoms with Crippen molar-refractivity contribution in [2.75, 3.05) is 13.1 Å². The highest BCUT2D eigenvalue weighted by Gasteiger charge is 2.26. The molecule has 5 rings (SSSR count). The molecule has 37 heavy (non-hydrogen) atoms. The van der Waals surface area contributed by atoms with Gasteiger partial charge in [0.05, 0.1) is 17.1 Å². The Kier molecular flexibility index (Phi) is 7.38. The van der Waals surface area contributed by atoms with Crippen molar-refractivity contribution >= 4 is 50.5 Å². The van der Waals surface area contributed by atoms with Crippen molar-refractivity contribution in [3.8, 4) is 6.07 Å². The summed E-state index contributed by atoms with van der Waals surface area (Å²) in [6.45, 7) is 2.41. The first kappa shape index (κ1) is 25.2. The monoisotopic (exact) mass is 577 g/mol. The van der Waals surface area contributed by atoms with Crippen LogP contribution in [0.4, 0.5) is 9.18 Å². The summed E-state index contributed by atoms with van der Waals surface area (Å²) in [7, 11) is 0. The average Bonchev–Trinajstić information content (AvgIpc) is 3.22. The molecule has 2 aromatic carbocycles. The number of amides is 1. The van der Waals surface area contributed by atoms with E-state index in [4.69, 9.17) is 11.6 Å². The molecule has 1 aliphatic heterocycles. The van der Waals surface area contributed by atoms with Crippen molar-refractivity contribution in [2.45, 2.75) is 19.5 Å². The van der Waals surface area contributed by atoms with Crippen molar-refractivity contribution in [2.24, 2.45) is 0 Å². The molecule has 1 aliphatic rings. The van der Waals surface area contributed by atoms with Crippen LogP contribution in [0.15, 0.2) is 65.3 Å². The highest BCUT2D eigenvalue weighted by Crippen LogP contribution is 2.32. The number of benzene rings is 2. The number of nitriles is 1. The van der Waals surface area contributed by atoms with Crippen molar-refractivity contribution in [1.29, 1.82) is 5.26 Å². The normalized spacial score (nSPS) is 13.6. The summed E-state index contributed by atoms with van der Waals surface area (Å²) in [4.78, 5) is 19.6. The molecule has 0 spiro atoms. The molecule has 0 unspecified atom stereocenters. The Morgan fingerprint density at radius 3 is 2.92 bits per heavy atom. The zero-order valence-electron chi connectivity index (χ0n) is 19.7. The van der Waals surface area contributed by atoms with Crippen molar-refractivity contribution < 1.29 is 9.18 Å². The summed E-state index contributed by atoms with van der Waals surface area (Å²) in [5, 5.41) is 13.8. The van der Waals surface area contributed by atoms with Crippen LogP contribution in [0.1, 0.15) is 27.9 Å². The van der Waals surface area contributed by atoms with E-state index in [1.54, 1.807) is 41.1 Å². The van der Waals surface area contributed by atoms with Crippen LogP contribution < -0.4 is 5.32 Å². The van der Waals surface area contributed by atoms with Gasteiger partial charge in [-0.3, -0.25) is 9.47 Å². The molecule has 0 radical (unpaired) electrons. The van der Waals surface area contributed by atoms with Gasteiger partial charge >= 0.3 is 6.03 Å². The maximum absolute atomic E-state index is 13.6. The molecule has 2 aromatic heterocycles. The Hall–Kier alpha value is -3.51. The smallest absolute Gasteiger partial charge is 0.326 e. The van der Waals surface area contributed by atoms with Crippen LogP contribution in [-0.2, 0) is 19.5 Å². The van der Waals surface area contributed by atoms with E-state index in [-0.39, 0.29) is 11.8 Å². The molecular weight excluding hydrogens is 557 g/mol. The van der Waals surface area contributed by atoms with Gasteiger partial charge in [0.25, 0.3) is 0 Å². The lowest BCUT2D eigenvalue weighted by Gasteiger charge is -2.27. The SMILES string of the molecule is N#Cc1ccc2c3c(n(C(=O)NCc4ccnc(Cl)c4)c2c1)CCN(CC=Cc1cc(F)ccc1Br)C3. The molecule has 0 saturated heterocycles. The minimum Gasteiger partial charge on any atom is -0.333 e. The first-order valence-electron chi connectivity index (χ1n) is 11.7. The molecule has 3 heterocycles. The predicted octanol–water partition coefficient (Wildman–Crippen LogP) is 6.29. The second kappa shape index (κ2) is 10.9. The van der Waals surface area contributed by atoms with E-state index in [9.17, 15) is 14.4 Å². The molecular formula is C28H22BrClFN5O. The molecule has 186 valence electrons. The number of hydrogen-bond donors (Lipinski definition) is 1. The highest BCUT2D eigenvalue weighted by molar-refractivity contribution is 9.10. The number of halogens is 3. The standard InChI is InChI=1S/C28H22BrClFN5O/c29-24-6-4-21(31)14-20(24)2-1-10-35-11-8-25-23(17-35)22-5-3-18(15-32)12-26(22)36(25)28(37)34-16-19-7-9-33-27(30)13-19/h1-7,9,12-14H,8,10-11,16-17H2,(H,34,37). The van der Waals surface area contributed by atoms with Gasteiger partial charge in [0, 0.05) is 54.3 Å². The molecule has 0 fully saturated rings. The second-order valence-electron chi connectivity index (χ2n) is 8.80. The van der Waals surface area contributed by atoms with Gasteiger partial charge in [-0.2, -0.15) is 5.26 Å². The molecule has 0 atom stereocenters. The fraction of sp³-hybridized carbons (Fsp3) is 0.179.